The summed E-state index contributed by atoms with van der Waals surface area (Å²) in [6.45, 7) is 3.89. The van der Waals surface area contributed by atoms with Crippen molar-refractivity contribution in [3.63, 3.8) is 0 Å². The molecule has 0 aliphatic carbocycles. The third-order valence-electron chi connectivity index (χ3n) is 2.04. The van der Waals surface area contributed by atoms with Crippen molar-refractivity contribution in [3.8, 4) is 0 Å². The van der Waals surface area contributed by atoms with Gasteiger partial charge in [0.1, 0.15) is 0 Å². The van der Waals surface area contributed by atoms with Crippen molar-refractivity contribution in [1.82, 2.24) is 4.31 Å². The van der Waals surface area contributed by atoms with Gasteiger partial charge in [-0.2, -0.15) is 0 Å². The van der Waals surface area contributed by atoms with E-state index in [-0.39, 0.29) is 12.1 Å². The minimum atomic E-state index is -2.02. The van der Waals surface area contributed by atoms with E-state index in [1.54, 1.807) is 0 Å². The number of nitrogens with zero attached hydrogens (tertiary/aromatic N) is 1. The van der Waals surface area contributed by atoms with Crippen LogP contribution in [-0.2, 0) is 11.3 Å². The van der Waals surface area contributed by atoms with Gasteiger partial charge in [0.15, 0.2) is 0 Å². The number of hydrogen-bond acceptors (Lipinski definition) is 2. The molecule has 60 valence electrons. The predicted molar refractivity (Wildman–Crippen MR) is 38.9 cm³/mol. The minimum Gasteiger partial charge on any atom is -0.760 e. The summed E-state index contributed by atoms with van der Waals surface area (Å²) >= 11 is -2.02. The molecule has 0 aromatic heterocycles. The first-order valence-corrected chi connectivity index (χ1v) is 4.54. The summed E-state index contributed by atoms with van der Waals surface area (Å²) in [4.78, 5) is 0. The fraction of sp³-hybridized carbons (Fsp3) is 1.00. The van der Waals surface area contributed by atoms with Crippen molar-refractivity contribution in [2.24, 2.45) is 0 Å². The standard InChI is InChI=1S/C6H13NO2S/c1-5-3-4-6(2)7(5)10(8)9/h5-6H,3-4H2,1-2H3,(H,8,9)/p-1. The lowest BCUT2D eigenvalue weighted by atomic mass is 10.2. The average Bonchev–Trinajstić information content (AvgIpc) is 2.11. The lowest BCUT2D eigenvalue weighted by Crippen LogP contribution is -2.34. The molecule has 0 bridgehead atoms. The Morgan fingerprint density at radius 3 is 2.00 bits per heavy atom. The molecule has 1 aliphatic rings. The predicted octanol–water partition coefficient (Wildman–Crippen LogP) is 0.653. The first-order valence-electron chi connectivity index (χ1n) is 3.50. The van der Waals surface area contributed by atoms with Gasteiger partial charge in [-0.15, -0.1) is 0 Å². The minimum absolute atomic E-state index is 0.202. The first-order chi connectivity index (χ1) is 4.63. The van der Waals surface area contributed by atoms with Crippen LogP contribution in [0.5, 0.6) is 0 Å². The van der Waals surface area contributed by atoms with Gasteiger partial charge in [0.25, 0.3) is 0 Å². The van der Waals surface area contributed by atoms with Crippen LogP contribution in [-0.4, -0.2) is 25.2 Å². The van der Waals surface area contributed by atoms with Gasteiger partial charge < -0.3 is 4.55 Å². The molecule has 4 heteroatoms. The molecule has 3 unspecified atom stereocenters. The van der Waals surface area contributed by atoms with Crippen LogP contribution in [0, 0.1) is 0 Å². The molecule has 0 spiro atoms. The number of hydrogen-bond donors (Lipinski definition) is 0. The third kappa shape index (κ3) is 1.38. The molecule has 1 heterocycles. The van der Waals surface area contributed by atoms with Crippen LogP contribution in [0.3, 0.4) is 0 Å². The molecule has 1 saturated heterocycles. The first kappa shape index (κ1) is 8.17. The quantitative estimate of drug-likeness (QED) is 0.531. The van der Waals surface area contributed by atoms with E-state index in [0.29, 0.717) is 0 Å². The molecule has 0 aromatic rings. The van der Waals surface area contributed by atoms with Gasteiger partial charge in [0.2, 0.25) is 0 Å². The van der Waals surface area contributed by atoms with Gasteiger partial charge >= 0.3 is 0 Å². The van der Waals surface area contributed by atoms with Crippen molar-refractivity contribution < 1.29 is 8.76 Å². The highest BCUT2D eigenvalue weighted by Gasteiger charge is 2.27. The lowest BCUT2D eigenvalue weighted by Gasteiger charge is -2.27. The van der Waals surface area contributed by atoms with Crippen molar-refractivity contribution in [2.75, 3.05) is 0 Å². The molecular weight excluding hydrogens is 150 g/mol. The van der Waals surface area contributed by atoms with E-state index in [4.69, 9.17) is 0 Å². The molecule has 10 heavy (non-hydrogen) atoms. The molecule has 0 aromatic carbocycles. The Hall–Kier alpha value is 0.0700. The highest BCUT2D eigenvalue weighted by molar-refractivity contribution is 7.76. The molecular formula is C6H12NO2S-. The van der Waals surface area contributed by atoms with Gasteiger partial charge in [-0.3, -0.25) is 4.21 Å². The van der Waals surface area contributed by atoms with Crippen LogP contribution >= 0.6 is 0 Å². The molecule has 0 amide bonds. The van der Waals surface area contributed by atoms with Crippen molar-refractivity contribution in [1.29, 1.82) is 0 Å². The third-order valence-corrected chi connectivity index (χ3v) is 3.11. The van der Waals surface area contributed by atoms with Crippen LogP contribution < -0.4 is 0 Å². The zero-order valence-corrected chi connectivity index (χ0v) is 7.06. The van der Waals surface area contributed by atoms with Gasteiger partial charge in [0.05, 0.1) is 0 Å². The second-order valence-electron chi connectivity index (χ2n) is 2.85. The Kier molecular flexibility index (Phi) is 2.44. The molecule has 1 rings (SSSR count). The van der Waals surface area contributed by atoms with Crippen LogP contribution in [0.25, 0.3) is 0 Å². The molecule has 1 aliphatic heterocycles. The Morgan fingerprint density at radius 1 is 1.40 bits per heavy atom. The summed E-state index contributed by atoms with van der Waals surface area (Å²) in [5.41, 5.74) is 0. The second-order valence-corrected chi connectivity index (χ2v) is 3.71. The van der Waals surface area contributed by atoms with E-state index in [0.717, 1.165) is 12.8 Å². The highest BCUT2D eigenvalue weighted by atomic mass is 32.2. The molecule has 1 fully saturated rings. The van der Waals surface area contributed by atoms with Gasteiger partial charge in [0, 0.05) is 23.4 Å². The zero-order chi connectivity index (χ0) is 7.72. The smallest absolute Gasteiger partial charge is 0.0214 e. The summed E-state index contributed by atoms with van der Waals surface area (Å²) < 4.78 is 22.6. The molecule has 3 nitrogen and oxygen atoms in total. The van der Waals surface area contributed by atoms with E-state index >= 15 is 0 Å². The largest absolute Gasteiger partial charge is 0.760 e. The van der Waals surface area contributed by atoms with Gasteiger partial charge in [-0.05, 0) is 26.7 Å². The van der Waals surface area contributed by atoms with E-state index in [1.807, 2.05) is 13.8 Å². The Balaban J connectivity index is 2.63. The van der Waals surface area contributed by atoms with Crippen molar-refractivity contribution in [3.05, 3.63) is 0 Å². The van der Waals surface area contributed by atoms with Gasteiger partial charge in [-0.25, -0.2) is 4.31 Å². The monoisotopic (exact) mass is 162 g/mol. The van der Waals surface area contributed by atoms with E-state index in [2.05, 4.69) is 0 Å². The Morgan fingerprint density at radius 2 is 1.80 bits per heavy atom. The van der Waals surface area contributed by atoms with Crippen LogP contribution in [0.1, 0.15) is 26.7 Å². The van der Waals surface area contributed by atoms with Crippen LogP contribution in [0.4, 0.5) is 0 Å². The van der Waals surface area contributed by atoms with Crippen LogP contribution in [0.2, 0.25) is 0 Å². The average molecular weight is 162 g/mol. The normalized spacial score (nSPS) is 38.3. The van der Waals surface area contributed by atoms with Gasteiger partial charge in [-0.1, -0.05) is 0 Å². The maximum absolute atomic E-state index is 10.5. The fourth-order valence-corrected chi connectivity index (χ4v) is 2.26. The van der Waals surface area contributed by atoms with E-state index < -0.39 is 11.3 Å². The maximum Gasteiger partial charge on any atom is 0.0214 e. The highest BCUT2D eigenvalue weighted by Crippen LogP contribution is 2.23. The fourth-order valence-electron chi connectivity index (χ4n) is 1.47. The van der Waals surface area contributed by atoms with E-state index in [1.165, 1.54) is 4.31 Å². The molecule has 3 atom stereocenters. The summed E-state index contributed by atoms with van der Waals surface area (Å²) in [7, 11) is 0. The SMILES string of the molecule is CC1CCC(C)N1S(=O)[O-]. The van der Waals surface area contributed by atoms with Crippen molar-refractivity contribution >= 4 is 11.3 Å². The topological polar surface area (TPSA) is 43.4 Å². The van der Waals surface area contributed by atoms with Crippen molar-refractivity contribution in [2.45, 2.75) is 38.8 Å². The molecule has 0 saturated carbocycles. The number of rotatable bonds is 1. The summed E-state index contributed by atoms with van der Waals surface area (Å²) in [5, 5.41) is 0. The summed E-state index contributed by atoms with van der Waals surface area (Å²) in [6, 6.07) is 0.404. The zero-order valence-electron chi connectivity index (χ0n) is 6.24. The van der Waals surface area contributed by atoms with E-state index in [9.17, 15) is 8.76 Å². The summed E-state index contributed by atoms with van der Waals surface area (Å²) in [6.07, 6.45) is 1.99. The van der Waals surface area contributed by atoms with Crippen LogP contribution in [0.15, 0.2) is 0 Å². The lowest BCUT2D eigenvalue weighted by molar-refractivity contribution is 0.334. The Bertz CT molecular complexity index is 141. The molecule has 0 radical (unpaired) electrons. The maximum atomic E-state index is 10.5. The Labute approximate surface area is 63.8 Å². The molecule has 0 N–H and O–H groups in total. The second kappa shape index (κ2) is 2.98. The summed E-state index contributed by atoms with van der Waals surface area (Å²) in [5.74, 6) is 0.